The molecule has 2 fully saturated rings. The quantitative estimate of drug-likeness (QED) is 0.0826. The van der Waals surface area contributed by atoms with E-state index in [0.717, 1.165) is 79.8 Å². The number of nitro groups is 1. The van der Waals surface area contributed by atoms with E-state index in [2.05, 4.69) is 50.8 Å². The van der Waals surface area contributed by atoms with E-state index < -0.39 is 31.4 Å². The van der Waals surface area contributed by atoms with Crippen molar-refractivity contribution >= 4 is 72.6 Å². The molecule has 5 aromatic rings. The zero-order valence-electron chi connectivity index (χ0n) is 36.5. The van der Waals surface area contributed by atoms with Gasteiger partial charge in [-0.1, -0.05) is 43.2 Å². The molecule has 4 aliphatic rings. The molecule has 3 N–H and O–H groups in total. The van der Waals surface area contributed by atoms with E-state index in [-0.39, 0.29) is 35.9 Å². The van der Waals surface area contributed by atoms with Gasteiger partial charge < -0.3 is 34.3 Å². The van der Waals surface area contributed by atoms with Gasteiger partial charge in [0.15, 0.2) is 0 Å². The molecule has 3 aromatic carbocycles. The summed E-state index contributed by atoms with van der Waals surface area (Å²) in [5, 5.41) is 16.7. The van der Waals surface area contributed by atoms with Crippen LogP contribution >= 0.6 is 11.6 Å². The third-order valence-electron chi connectivity index (χ3n) is 12.7. The van der Waals surface area contributed by atoms with Crippen LogP contribution in [0.25, 0.3) is 16.6 Å². The van der Waals surface area contributed by atoms with Crippen molar-refractivity contribution in [3.63, 3.8) is 0 Å². The Morgan fingerprint density at radius 2 is 1.78 bits per heavy atom. The molecule has 5 heterocycles. The summed E-state index contributed by atoms with van der Waals surface area (Å²) in [6.45, 7) is 11.1. The maximum atomic E-state index is 14.4. The molecular formula is C47H53ClN8O8S. The lowest BCUT2D eigenvalue weighted by atomic mass is 9.72. The summed E-state index contributed by atoms with van der Waals surface area (Å²) >= 11 is 6.27. The molecule has 18 heteroatoms. The highest BCUT2D eigenvalue weighted by atomic mass is 35.5. The van der Waals surface area contributed by atoms with E-state index in [1.165, 1.54) is 28.8 Å². The van der Waals surface area contributed by atoms with Crippen LogP contribution in [-0.2, 0) is 30.8 Å². The smallest absolute Gasteiger partial charge is 0.293 e. The molecule has 65 heavy (non-hydrogen) atoms. The van der Waals surface area contributed by atoms with Crippen LogP contribution in [0.4, 0.5) is 28.4 Å². The van der Waals surface area contributed by atoms with Crippen LogP contribution in [0.2, 0.25) is 5.02 Å². The first-order valence-electron chi connectivity index (χ1n) is 22.0. The Kier molecular flexibility index (Phi) is 12.9. The number of piperazine rings is 1. The van der Waals surface area contributed by atoms with Gasteiger partial charge in [0.25, 0.3) is 21.6 Å². The summed E-state index contributed by atoms with van der Waals surface area (Å²) in [6, 6.07) is 21.0. The van der Waals surface area contributed by atoms with Crippen molar-refractivity contribution in [1.29, 1.82) is 0 Å². The van der Waals surface area contributed by atoms with Crippen molar-refractivity contribution in [2.24, 2.45) is 5.41 Å². The molecule has 0 unspecified atom stereocenters. The number of nitro benzene ring substituents is 1. The van der Waals surface area contributed by atoms with Crippen LogP contribution in [0.15, 0.2) is 89.5 Å². The van der Waals surface area contributed by atoms with E-state index in [1.54, 1.807) is 6.07 Å². The number of pyridine rings is 1. The van der Waals surface area contributed by atoms with E-state index in [9.17, 15) is 23.3 Å². The Hall–Kier alpha value is -5.56. The molecule has 0 bridgehead atoms. The van der Waals surface area contributed by atoms with E-state index in [0.29, 0.717) is 50.0 Å². The molecule has 0 radical (unpaired) electrons. The van der Waals surface area contributed by atoms with Crippen molar-refractivity contribution in [3.8, 4) is 0 Å². The minimum absolute atomic E-state index is 0.0994. The van der Waals surface area contributed by atoms with Crippen LogP contribution in [0, 0.1) is 15.5 Å². The topological polar surface area (TPSA) is 185 Å². The van der Waals surface area contributed by atoms with Crippen LogP contribution in [-0.4, -0.2) is 112 Å². The number of hydrogen-bond donors (Lipinski definition) is 3. The van der Waals surface area contributed by atoms with Crippen LogP contribution in [0.1, 0.15) is 54.7 Å². The van der Waals surface area contributed by atoms with Crippen molar-refractivity contribution < 1.29 is 32.3 Å². The second kappa shape index (κ2) is 18.7. The Bertz CT molecular complexity index is 2730. The molecule has 1 amide bonds. The van der Waals surface area contributed by atoms with Gasteiger partial charge in [0.05, 0.1) is 71.6 Å². The number of allylic oxidation sites excluding steroid dienone is 1. The number of anilines is 4. The minimum atomic E-state index is -4.59. The van der Waals surface area contributed by atoms with Crippen LogP contribution < -0.4 is 19.8 Å². The number of benzene rings is 3. The van der Waals surface area contributed by atoms with Crippen LogP contribution in [0.3, 0.4) is 0 Å². The number of nitrogens with zero attached hydrogens (tertiary/aromatic N) is 5. The summed E-state index contributed by atoms with van der Waals surface area (Å²) in [6.07, 6.45) is 4.68. The normalized spacial score (nSPS) is 19.5. The molecule has 1 atom stereocenters. The zero-order chi connectivity index (χ0) is 45.3. The number of ether oxygens (including phenoxy) is 3. The fourth-order valence-electron chi connectivity index (χ4n) is 9.17. The number of hydrogen-bond acceptors (Lipinski definition) is 13. The maximum Gasteiger partial charge on any atom is 0.293 e. The highest BCUT2D eigenvalue weighted by Gasteiger charge is 2.32. The number of carbonyl (C=O) groups is 1. The Morgan fingerprint density at radius 3 is 2.55 bits per heavy atom. The van der Waals surface area contributed by atoms with Crippen molar-refractivity contribution in [3.05, 3.63) is 117 Å². The molecule has 9 rings (SSSR count). The van der Waals surface area contributed by atoms with Gasteiger partial charge in [-0.3, -0.25) is 19.8 Å². The molecular weight excluding hydrogens is 872 g/mol. The number of halogens is 1. The SMILES string of the molecule is CC1(C)CCC(CN2CCN(c3ccc(C(=O)NS(=O)(=O)c4ccc(NC[C@H]5COCCO5)c([N+](=O)[O-])c4)c(N4CCOCc5nc6[nH]ccc6cc54)c3)CC2)=C(c2ccc(Cl)cc2)C1. The summed E-state index contributed by atoms with van der Waals surface area (Å²) in [4.78, 5) is 40.2. The number of amides is 1. The van der Waals surface area contributed by atoms with Gasteiger partial charge in [0.1, 0.15) is 11.3 Å². The summed E-state index contributed by atoms with van der Waals surface area (Å²) < 4.78 is 47.1. The summed E-state index contributed by atoms with van der Waals surface area (Å²) in [5.41, 5.74) is 7.54. The Balaban J connectivity index is 0.986. The molecule has 3 aliphatic heterocycles. The van der Waals surface area contributed by atoms with Gasteiger partial charge in [-0.15, -0.1) is 0 Å². The number of carbonyl (C=O) groups excluding carboxylic acids is 1. The first kappa shape index (κ1) is 44.6. The standard InChI is InChI=1S/C47H53ClN8O8S/c1-47(2)13-11-33(39(26-47)31-3-5-34(48)6-4-31)28-53-15-17-54(18-16-53)35-7-9-38(42(24-35)55-19-20-62-30-41-43(55)23-32-12-14-49-45(32)51-41)46(57)52-65(60,61)37-8-10-40(44(25-37)56(58)59)50-27-36-29-63-21-22-64-36/h3-10,12,14,23-25,36,50H,11,13,15-22,26-30H2,1-2H3,(H,49,51)(H,52,57)/t36-/m0/s1. The number of H-pyrrole nitrogens is 1. The second-order valence-electron chi connectivity index (χ2n) is 17.8. The van der Waals surface area contributed by atoms with E-state index in [4.69, 9.17) is 30.8 Å². The number of aromatic amines is 1. The number of rotatable bonds is 12. The average Bonchev–Trinajstić information content (AvgIpc) is 3.66. The van der Waals surface area contributed by atoms with Gasteiger partial charge in [-0.25, -0.2) is 18.1 Å². The lowest BCUT2D eigenvalue weighted by molar-refractivity contribution is -0.384. The van der Waals surface area contributed by atoms with E-state index in [1.807, 2.05) is 47.5 Å². The minimum Gasteiger partial charge on any atom is -0.377 e. The molecule has 0 spiro atoms. The molecule has 16 nitrogen and oxygen atoms in total. The number of sulfonamides is 1. The maximum absolute atomic E-state index is 14.4. The number of aromatic nitrogens is 2. The molecule has 2 saturated heterocycles. The predicted molar refractivity (Wildman–Crippen MR) is 251 cm³/mol. The third kappa shape index (κ3) is 10.0. The van der Waals surface area contributed by atoms with Crippen molar-refractivity contribution in [2.75, 3.05) is 87.4 Å². The highest BCUT2D eigenvalue weighted by Crippen LogP contribution is 2.44. The fourth-order valence-corrected chi connectivity index (χ4v) is 10.3. The molecule has 2 aromatic heterocycles. The number of nitrogens with one attached hydrogen (secondary N) is 3. The van der Waals surface area contributed by atoms with E-state index >= 15 is 0 Å². The summed E-state index contributed by atoms with van der Waals surface area (Å²) in [7, 11) is -4.59. The van der Waals surface area contributed by atoms with Gasteiger partial charge >= 0.3 is 0 Å². The predicted octanol–water partition coefficient (Wildman–Crippen LogP) is 7.52. The fraction of sp³-hybridized carbons (Fsp3) is 0.404. The second-order valence-corrected chi connectivity index (χ2v) is 19.9. The van der Waals surface area contributed by atoms with Gasteiger partial charge in [-0.2, -0.15) is 0 Å². The number of fused-ring (bicyclic) bond motifs is 2. The lowest BCUT2D eigenvalue weighted by Gasteiger charge is -2.39. The average molecular weight is 926 g/mol. The van der Waals surface area contributed by atoms with Crippen molar-refractivity contribution in [1.82, 2.24) is 19.6 Å². The Labute approximate surface area is 383 Å². The van der Waals surface area contributed by atoms with Crippen LogP contribution in [0.5, 0.6) is 0 Å². The first-order chi connectivity index (χ1) is 31.3. The van der Waals surface area contributed by atoms with Gasteiger partial charge in [0.2, 0.25) is 0 Å². The van der Waals surface area contributed by atoms with Gasteiger partial charge in [-0.05, 0) is 90.4 Å². The summed E-state index contributed by atoms with van der Waals surface area (Å²) in [5.74, 6) is -0.890. The molecule has 1 aliphatic carbocycles. The monoisotopic (exact) mass is 924 g/mol. The largest absolute Gasteiger partial charge is 0.377 e. The first-order valence-corrected chi connectivity index (χ1v) is 23.9. The molecule has 342 valence electrons. The lowest BCUT2D eigenvalue weighted by Crippen LogP contribution is -2.47. The van der Waals surface area contributed by atoms with Gasteiger partial charge in [0, 0.05) is 74.2 Å². The Morgan fingerprint density at radius 1 is 0.969 bits per heavy atom. The molecule has 0 saturated carbocycles. The van der Waals surface area contributed by atoms with Crippen molar-refractivity contribution in [2.45, 2.75) is 50.7 Å². The zero-order valence-corrected chi connectivity index (χ0v) is 38.1. The third-order valence-corrected chi connectivity index (χ3v) is 14.3. The highest BCUT2D eigenvalue weighted by molar-refractivity contribution is 7.90.